The van der Waals surface area contributed by atoms with Crippen molar-refractivity contribution in [2.45, 2.75) is 22.3 Å². The van der Waals surface area contributed by atoms with E-state index < -0.39 is 19.1 Å². The van der Waals surface area contributed by atoms with Gasteiger partial charge in [0.2, 0.25) is 10.0 Å². The zero-order chi connectivity index (χ0) is 20.1. The van der Waals surface area contributed by atoms with E-state index in [1.165, 1.54) is 18.2 Å². The van der Waals surface area contributed by atoms with Crippen molar-refractivity contribution in [1.82, 2.24) is 10.3 Å². The van der Waals surface area contributed by atoms with Gasteiger partial charge in [-0.15, -0.1) is 0 Å². The summed E-state index contributed by atoms with van der Waals surface area (Å²) in [5.74, 6) is -0.185. The van der Waals surface area contributed by atoms with E-state index in [1.807, 2.05) is 0 Å². The monoisotopic (exact) mass is 437 g/mol. The van der Waals surface area contributed by atoms with Crippen LogP contribution in [0.15, 0.2) is 58.5 Å². The van der Waals surface area contributed by atoms with Gasteiger partial charge in [0, 0.05) is 41.3 Å². The lowest BCUT2D eigenvalue weighted by Gasteiger charge is -2.27. The Morgan fingerprint density at radius 2 is 1.79 bits per heavy atom. The fourth-order valence-corrected chi connectivity index (χ4v) is 4.90. The van der Waals surface area contributed by atoms with Crippen LogP contribution in [0.2, 0.25) is 0 Å². The predicted molar refractivity (Wildman–Crippen MR) is 106 cm³/mol. The minimum absolute atomic E-state index is 0.0156. The normalized spacial score (nSPS) is 17.4. The molecule has 1 aliphatic heterocycles. The summed E-state index contributed by atoms with van der Waals surface area (Å²) in [5.41, 5.74) is 2.42. The number of rotatable bonds is 3. The van der Waals surface area contributed by atoms with Gasteiger partial charge in [-0.05, 0) is 46.8 Å². The molecule has 2 aromatic carbocycles. The molecule has 10 heteroatoms. The van der Waals surface area contributed by atoms with Gasteiger partial charge in [-0.3, -0.25) is 4.98 Å². The Hall–Kier alpha value is -2.04. The summed E-state index contributed by atoms with van der Waals surface area (Å²) in [5, 5.41) is 10.1. The highest BCUT2D eigenvalue weighted by atomic mass is 35.7. The van der Waals surface area contributed by atoms with Crippen molar-refractivity contribution in [2.24, 2.45) is 5.14 Å². The first-order chi connectivity index (χ1) is 13.1. The van der Waals surface area contributed by atoms with Crippen LogP contribution in [-0.2, 0) is 25.6 Å². The standard InChI is InChI=1S/C18H16ClN3O4S2/c19-27(23,24)13-3-4-15-12(7-13)9-21-10-17(15)18-16-8-14(28(20,25)26)2-1-11(16)5-6-22-18/h1-8,17,21H,9-10H2,(H2,20,25,26). The van der Waals surface area contributed by atoms with Gasteiger partial charge in [-0.25, -0.2) is 22.0 Å². The van der Waals surface area contributed by atoms with Gasteiger partial charge in [0.05, 0.1) is 15.5 Å². The molecule has 0 bridgehead atoms. The molecule has 1 unspecified atom stereocenters. The Morgan fingerprint density at radius 1 is 1.04 bits per heavy atom. The molecular formula is C18H16ClN3O4S2. The van der Waals surface area contributed by atoms with Crippen molar-refractivity contribution in [1.29, 1.82) is 0 Å². The average Bonchev–Trinajstić information content (AvgIpc) is 2.65. The molecule has 3 N–H and O–H groups in total. The maximum absolute atomic E-state index is 11.8. The maximum Gasteiger partial charge on any atom is 0.261 e. The molecule has 0 radical (unpaired) electrons. The van der Waals surface area contributed by atoms with E-state index in [-0.39, 0.29) is 15.7 Å². The number of halogens is 1. The second-order valence-corrected chi connectivity index (χ2v) is 10.7. The first kappa shape index (κ1) is 19.3. The number of nitrogens with zero attached hydrogens (tertiary/aromatic N) is 1. The SMILES string of the molecule is NS(=O)(=O)c1ccc2ccnc(C3CNCc4cc(S(=O)(=O)Cl)ccc43)c2c1. The van der Waals surface area contributed by atoms with Crippen LogP contribution >= 0.6 is 10.7 Å². The van der Waals surface area contributed by atoms with Crippen LogP contribution in [0.1, 0.15) is 22.7 Å². The smallest absolute Gasteiger partial charge is 0.261 e. The van der Waals surface area contributed by atoms with Crippen molar-refractivity contribution in [3.8, 4) is 0 Å². The highest BCUT2D eigenvalue weighted by Gasteiger charge is 2.26. The lowest BCUT2D eigenvalue weighted by atomic mass is 9.86. The highest BCUT2D eigenvalue weighted by molar-refractivity contribution is 8.13. The summed E-state index contributed by atoms with van der Waals surface area (Å²) in [6.45, 7) is 1.07. The van der Waals surface area contributed by atoms with E-state index >= 15 is 0 Å². The van der Waals surface area contributed by atoms with Gasteiger partial charge in [0.25, 0.3) is 9.05 Å². The van der Waals surface area contributed by atoms with E-state index in [4.69, 9.17) is 15.8 Å². The minimum atomic E-state index is -3.85. The van der Waals surface area contributed by atoms with Crippen LogP contribution in [0, 0.1) is 0 Å². The predicted octanol–water partition coefficient (Wildman–Crippen LogP) is 2.04. The summed E-state index contributed by atoms with van der Waals surface area (Å²) in [6.07, 6.45) is 1.67. The van der Waals surface area contributed by atoms with E-state index in [0.29, 0.717) is 24.2 Å². The van der Waals surface area contributed by atoms with Crippen LogP contribution in [0.4, 0.5) is 0 Å². The van der Waals surface area contributed by atoms with E-state index in [2.05, 4.69) is 10.3 Å². The molecule has 7 nitrogen and oxygen atoms in total. The van der Waals surface area contributed by atoms with Gasteiger partial charge in [0.1, 0.15) is 0 Å². The molecule has 146 valence electrons. The van der Waals surface area contributed by atoms with Crippen LogP contribution < -0.4 is 10.5 Å². The third-order valence-electron chi connectivity index (χ3n) is 4.86. The molecule has 0 aliphatic carbocycles. The quantitative estimate of drug-likeness (QED) is 0.605. The zero-order valence-corrected chi connectivity index (χ0v) is 16.9. The fourth-order valence-electron chi connectivity index (χ4n) is 3.56. The molecule has 1 atom stereocenters. The first-order valence-electron chi connectivity index (χ1n) is 8.34. The van der Waals surface area contributed by atoms with Gasteiger partial charge in [0.15, 0.2) is 0 Å². The lowest BCUT2D eigenvalue weighted by molar-refractivity contribution is 0.582. The van der Waals surface area contributed by atoms with Crippen molar-refractivity contribution in [3.63, 3.8) is 0 Å². The molecule has 1 aromatic heterocycles. The number of hydrogen-bond donors (Lipinski definition) is 2. The van der Waals surface area contributed by atoms with E-state index in [9.17, 15) is 16.8 Å². The fraction of sp³-hybridized carbons (Fsp3) is 0.167. The van der Waals surface area contributed by atoms with Crippen LogP contribution in [-0.4, -0.2) is 28.4 Å². The van der Waals surface area contributed by atoms with Gasteiger partial charge in [-0.2, -0.15) is 0 Å². The minimum Gasteiger partial charge on any atom is -0.312 e. The van der Waals surface area contributed by atoms with Crippen LogP contribution in [0.3, 0.4) is 0 Å². The van der Waals surface area contributed by atoms with Gasteiger partial charge in [-0.1, -0.05) is 12.1 Å². The van der Waals surface area contributed by atoms with Crippen LogP contribution in [0.5, 0.6) is 0 Å². The Labute approximate surface area is 167 Å². The molecule has 0 saturated heterocycles. The maximum atomic E-state index is 11.8. The molecule has 0 saturated carbocycles. The zero-order valence-electron chi connectivity index (χ0n) is 14.5. The molecular weight excluding hydrogens is 422 g/mol. The van der Waals surface area contributed by atoms with Crippen LogP contribution in [0.25, 0.3) is 10.8 Å². The Balaban J connectivity index is 1.90. The van der Waals surface area contributed by atoms with Gasteiger partial charge < -0.3 is 5.32 Å². The third-order valence-corrected chi connectivity index (χ3v) is 7.12. The summed E-state index contributed by atoms with van der Waals surface area (Å²) in [4.78, 5) is 4.56. The lowest BCUT2D eigenvalue weighted by Crippen LogP contribution is -2.29. The number of pyridine rings is 1. The summed E-state index contributed by atoms with van der Waals surface area (Å²) >= 11 is 0. The first-order valence-corrected chi connectivity index (χ1v) is 12.2. The van der Waals surface area contributed by atoms with Crippen molar-refractivity contribution >= 4 is 40.5 Å². The van der Waals surface area contributed by atoms with Crippen molar-refractivity contribution in [3.05, 3.63) is 65.5 Å². The molecule has 3 aromatic rings. The molecule has 0 amide bonds. The number of fused-ring (bicyclic) bond motifs is 2. The number of primary sulfonamides is 1. The molecule has 28 heavy (non-hydrogen) atoms. The number of hydrogen-bond acceptors (Lipinski definition) is 6. The van der Waals surface area contributed by atoms with E-state index in [1.54, 1.807) is 30.5 Å². The number of nitrogens with one attached hydrogen (secondary N) is 1. The van der Waals surface area contributed by atoms with Gasteiger partial charge >= 0.3 is 0 Å². The highest BCUT2D eigenvalue weighted by Crippen LogP contribution is 2.35. The number of nitrogens with two attached hydrogens (primary N) is 1. The number of sulfonamides is 1. The molecule has 2 heterocycles. The number of benzene rings is 2. The summed E-state index contributed by atoms with van der Waals surface area (Å²) in [7, 11) is -2.21. The topological polar surface area (TPSA) is 119 Å². The summed E-state index contributed by atoms with van der Waals surface area (Å²) < 4.78 is 46.8. The molecule has 4 rings (SSSR count). The van der Waals surface area contributed by atoms with E-state index in [0.717, 1.165) is 16.5 Å². The summed E-state index contributed by atoms with van der Waals surface area (Å²) in [6, 6.07) is 11.2. The largest absolute Gasteiger partial charge is 0.312 e. The third kappa shape index (κ3) is 3.51. The Bertz CT molecular complexity index is 1310. The number of aromatic nitrogens is 1. The Kier molecular flexibility index (Phi) is 4.67. The Morgan fingerprint density at radius 3 is 2.50 bits per heavy atom. The molecule has 0 fully saturated rings. The molecule has 0 spiro atoms. The average molecular weight is 438 g/mol. The van der Waals surface area contributed by atoms with Crippen molar-refractivity contribution in [2.75, 3.05) is 6.54 Å². The molecule has 1 aliphatic rings. The second-order valence-electron chi connectivity index (χ2n) is 6.61. The van der Waals surface area contributed by atoms with Crippen molar-refractivity contribution < 1.29 is 16.8 Å². The second kappa shape index (κ2) is 6.78.